The molecule has 0 unspecified atom stereocenters. The van der Waals surface area contributed by atoms with Gasteiger partial charge in [0.15, 0.2) is 0 Å². The monoisotopic (exact) mass is 305 g/mol. The molecule has 0 bridgehead atoms. The Bertz CT molecular complexity index is 718. The van der Waals surface area contributed by atoms with E-state index in [1.54, 1.807) is 10.4 Å². The molecule has 2 heterocycles. The molecule has 1 aromatic heterocycles. The van der Waals surface area contributed by atoms with E-state index in [1.165, 1.54) is 22.3 Å². The Morgan fingerprint density at radius 1 is 1.10 bits per heavy atom. The van der Waals surface area contributed by atoms with Gasteiger partial charge in [-0.1, -0.05) is 30.3 Å². The summed E-state index contributed by atoms with van der Waals surface area (Å²) < 4.78 is 26.2. The molecule has 0 amide bonds. The van der Waals surface area contributed by atoms with E-state index in [1.807, 2.05) is 35.7 Å². The summed E-state index contributed by atoms with van der Waals surface area (Å²) >= 11 is 1.53. The van der Waals surface area contributed by atoms with Crippen LogP contribution in [0.15, 0.2) is 47.2 Å². The van der Waals surface area contributed by atoms with Crippen molar-refractivity contribution in [3.8, 4) is 0 Å². The van der Waals surface area contributed by atoms with Crippen molar-refractivity contribution in [1.82, 2.24) is 4.31 Å². The third-order valence-corrected chi connectivity index (χ3v) is 5.75. The zero-order valence-electron chi connectivity index (χ0n) is 10.9. The highest BCUT2D eigenvalue weighted by Crippen LogP contribution is 2.22. The van der Waals surface area contributed by atoms with Crippen molar-refractivity contribution in [3.05, 3.63) is 63.2 Å². The number of nitrogens with zero attached hydrogens (tertiary/aromatic N) is 1. The molecule has 1 aliphatic heterocycles. The molecule has 0 atom stereocenters. The lowest BCUT2D eigenvalue weighted by Gasteiger charge is -2.26. The van der Waals surface area contributed by atoms with E-state index in [0.29, 0.717) is 13.1 Å². The molecule has 3 nitrogen and oxygen atoms in total. The van der Waals surface area contributed by atoms with Crippen LogP contribution < -0.4 is 0 Å². The fraction of sp³-hybridized carbons (Fsp3) is 0.200. The van der Waals surface area contributed by atoms with Crippen molar-refractivity contribution in [2.24, 2.45) is 0 Å². The second-order valence-corrected chi connectivity index (χ2v) is 7.51. The average molecular weight is 305 g/mol. The van der Waals surface area contributed by atoms with Crippen LogP contribution in [0.4, 0.5) is 0 Å². The van der Waals surface area contributed by atoms with Gasteiger partial charge in [-0.05, 0) is 35.1 Å². The highest BCUT2D eigenvalue weighted by Gasteiger charge is 2.24. The first-order valence-electron chi connectivity index (χ1n) is 6.44. The van der Waals surface area contributed by atoms with Crippen molar-refractivity contribution < 1.29 is 8.42 Å². The summed E-state index contributed by atoms with van der Waals surface area (Å²) in [6.07, 6.45) is 2.45. The Balaban J connectivity index is 1.80. The molecule has 0 fully saturated rings. The minimum absolute atomic E-state index is 0.466. The molecular weight excluding hydrogens is 290 g/mol. The maximum atomic E-state index is 12.3. The first kappa shape index (κ1) is 13.5. The average Bonchev–Trinajstić information content (AvgIpc) is 2.98. The molecule has 0 aliphatic carbocycles. The minimum Gasteiger partial charge on any atom is -0.207 e. The van der Waals surface area contributed by atoms with E-state index in [9.17, 15) is 8.42 Å². The second-order valence-electron chi connectivity index (χ2n) is 4.72. The highest BCUT2D eigenvalue weighted by molar-refractivity contribution is 7.92. The number of benzene rings is 1. The summed E-state index contributed by atoms with van der Waals surface area (Å²) in [7, 11) is -3.34. The van der Waals surface area contributed by atoms with Crippen LogP contribution in [-0.2, 0) is 23.0 Å². The fourth-order valence-electron chi connectivity index (χ4n) is 2.31. The Morgan fingerprint density at radius 3 is 2.65 bits per heavy atom. The Labute approximate surface area is 123 Å². The molecule has 2 aromatic rings. The quantitative estimate of drug-likeness (QED) is 0.874. The number of thiophene rings is 1. The lowest BCUT2D eigenvalue weighted by molar-refractivity contribution is 0.397. The number of fused-ring (bicyclic) bond motifs is 1. The minimum atomic E-state index is -3.34. The van der Waals surface area contributed by atoms with Crippen LogP contribution in [0.3, 0.4) is 0 Å². The van der Waals surface area contributed by atoms with Gasteiger partial charge < -0.3 is 0 Å². The van der Waals surface area contributed by atoms with Crippen LogP contribution in [0.5, 0.6) is 0 Å². The molecule has 104 valence electrons. The zero-order chi connectivity index (χ0) is 14.0. The van der Waals surface area contributed by atoms with E-state index < -0.39 is 10.0 Å². The summed E-state index contributed by atoms with van der Waals surface area (Å²) in [5.41, 5.74) is 2.35. The zero-order valence-corrected chi connectivity index (χ0v) is 12.5. The van der Waals surface area contributed by atoms with Gasteiger partial charge in [-0.25, -0.2) is 8.42 Å². The SMILES string of the molecule is O=S(=O)(/C=C/c1cccs1)N1CCc2ccccc2C1. The number of hydrogen-bond acceptors (Lipinski definition) is 3. The van der Waals surface area contributed by atoms with Crippen LogP contribution in [0.1, 0.15) is 16.0 Å². The van der Waals surface area contributed by atoms with Gasteiger partial charge in [0.05, 0.1) is 0 Å². The van der Waals surface area contributed by atoms with Crippen LogP contribution in [0.25, 0.3) is 6.08 Å². The molecule has 0 spiro atoms. The molecule has 1 aliphatic rings. The summed E-state index contributed by atoms with van der Waals surface area (Å²) in [5.74, 6) is 0. The van der Waals surface area contributed by atoms with Gasteiger partial charge in [-0.2, -0.15) is 4.31 Å². The lowest BCUT2D eigenvalue weighted by Crippen LogP contribution is -2.34. The standard InChI is InChI=1S/C15H15NO2S2/c17-20(18,11-8-15-6-3-10-19-15)16-9-7-13-4-1-2-5-14(13)12-16/h1-6,8,10-11H,7,9,12H2/b11-8+. The number of sulfonamides is 1. The Hall–Kier alpha value is -1.43. The van der Waals surface area contributed by atoms with Gasteiger partial charge in [-0.15, -0.1) is 11.3 Å². The van der Waals surface area contributed by atoms with Crippen molar-refractivity contribution >= 4 is 27.4 Å². The molecule has 0 saturated carbocycles. The third kappa shape index (κ3) is 2.85. The summed E-state index contributed by atoms with van der Waals surface area (Å²) in [5, 5.41) is 3.25. The number of hydrogen-bond donors (Lipinski definition) is 0. The third-order valence-electron chi connectivity index (χ3n) is 3.40. The summed E-state index contributed by atoms with van der Waals surface area (Å²) in [4.78, 5) is 0.950. The smallest absolute Gasteiger partial charge is 0.207 e. The number of rotatable bonds is 3. The van der Waals surface area contributed by atoms with Crippen molar-refractivity contribution in [2.75, 3.05) is 6.54 Å². The molecular formula is C15H15NO2S2. The largest absolute Gasteiger partial charge is 0.236 e. The normalized spacial score (nSPS) is 16.4. The molecule has 0 radical (unpaired) electrons. The van der Waals surface area contributed by atoms with Gasteiger partial charge in [0.2, 0.25) is 10.0 Å². The molecule has 5 heteroatoms. The Kier molecular flexibility index (Phi) is 3.74. The molecule has 0 N–H and O–H groups in total. The van der Waals surface area contributed by atoms with E-state index in [-0.39, 0.29) is 0 Å². The summed E-state index contributed by atoms with van der Waals surface area (Å²) in [6.45, 7) is 1.02. The predicted molar refractivity (Wildman–Crippen MR) is 82.8 cm³/mol. The summed E-state index contributed by atoms with van der Waals surface area (Å²) in [6, 6.07) is 11.8. The molecule has 3 rings (SSSR count). The van der Waals surface area contributed by atoms with Gasteiger partial charge in [-0.3, -0.25) is 0 Å². The van der Waals surface area contributed by atoms with Crippen LogP contribution in [0.2, 0.25) is 0 Å². The first-order chi connectivity index (χ1) is 9.65. The van der Waals surface area contributed by atoms with Crippen molar-refractivity contribution in [3.63, 3.8) is 0 Å². The van der Waals surface area contributed by atoms with Crippen molar-refractivity contribution in [1.29, 1.82) is 0 Å². The van der Waals surface area contributed by atoms with Gasteiger partial charge in [0, 0.05) is 23.4 Å². The first-order valence-corrected chi connectivity index (χ1v) is 8.82. The second kappa shape index (κ2) is 5.52. The van der Waals surface area contributed by atoms with Crippen LogP contribution in [0, 0.1) is 0 Å². The van der Waals surface area contributed by atoms with Crippen LogP contribution >= 0.6 is 11.3 Å². The fourth-order valence-corrected chi connectivity index (χ4v) is 4.17. The van der Waals surface area contributed by atoms with E-state index in [2.05, 4.69) is 6.07 Å². The van der Waals surface area contributed by atoms with E-state index in [0.717, 1.165) is 16.9 Å². The van der Waals surface area contributed by atoms with Gasteiger partial charge in [0.25, 0.3) is 0 Å². The maximum absolute atomic E-state index is 12.3. The van der Waals surface area contributed by atoms with E-state index in [4.69, 9.17) is 0 Å². The molecule has 1 aromatic carbocycles. The van der Waals surface area contributed by atoms with Crippen LogP contribution in [-0.4, -0.2) is 19.3 Å². The highest BCUT2D eigenvalue weighted by atomic mass is 32.2. The topological polar surface area (TPSA) is 37.4 Å². The maximum Gasteiger partial charge on any atom is 0.236 e. The Morgan fingerprint density at radius 2 is 1.90 bits per heavy atom. The van der Waals surface area contributed by atoms with Gasteiger partial charge >= 0.3 is 0 Å². The van der Waals surface area contributed by atoms with Gasteiger partial charge in [0.1, 0.15) is 0 Å². The lowest BCUT2D eigenvalue weighted by atomic mass is 10.0. The van der Waals surface area contributed by atoms with E-state index >= 15 is 0 Å². The van der Waals surface area contributed by atoms with Crippen molar-refractivity contribution in [2.45, 2.75) is 13.0 Å². The molecule has 0 saturated heterocycles. The molecule has 20 heavy (non-hydrogen) atoms. The predicted octanol–water partition coefficient (Wildman–Crippen LogP) is 3.11.